The first-order valence-corrected chi connectivity index (χ1v) is 15.4. The molecule has 1 aliphatic heterocycles. The third kappa shape index (κ3) is 7.02. The lowest BCUT2D eigenvalue weighted by Gasteiger charge is -2.34. The van der Waals surface area contributed by atoms with E-state index < -0.39 is 0 Å². The average molecular weight is 585 g/mol. The number of nitrogens with zero attached hydrogens (tertiary/aromatic N) is 4. The van der Waals surface area contributed by atoms with Gasteiger partial charge in [-0.1, -0.05) is 48.5 Å². The zero-order valence-corrected chi connectivity index (χ0v) is 26.0. The van der Waals surface area contributed by atoms with Crippen molar-refractivity contribution < 1.29 is 9.53 Å². The molecule has 0 saturated carbocycles. The summed E-state index contributed by atoms with van der Waals surface area (Å²) in [5, 5.41) is 0. The Kier molecular flexibility index (Phi) is 9.65. The van der Waals surface area contributed by atoms with E-state index in [0.29, 0.717) is 5.92 Å². The second-order valence-electron chi connectivity index (χ2n) is 12.1. The lowest BCUT2D eigenvalue weighted by molar-refractivity contribution is -0.139. The molecule has 1 fully saturated rings. The summed E-state index contributed by atoms with van der Waals surface area (Å²) < 4.78 is 7.65. The third-order valence-electron chi connectivity index (χ3n) is 9.23. The highest BCUT2D eigenvalue weighted by Crippen LogP contribution is 2.34. The molecule has 0 N–H and O–H groups in total. The van der Waals surface area contributed by atoms with Crippen molar-refractivity contribution in [2.24, 2.45) is 20.0 Å². The van der Waals surface area contributed by atoms with Crippen molar-refractivity contribution in [3.63, 3.8) is 0 Å². The highest BCUT2D eigenvalue weighted by Gasteiger charge is 2.23. The van der Waals surface area contributed by atoms with Crippen molar-refractivity contribution >= 4 is 17.4 Å². The topological polar surface area (TPSA) is 76.8 Å². The van der Waals surface area contributed by atoms with Gasteiger partial charge >= 0.3 is 11.7 Å². The van der Waals surface area contributed by atoms with E-state index in [0.717, 1.165) is 80.7 Å². The number of fused-ring (bicyclic) bond motifs is 2. The Morgan fingerprint density at radius 1 is 0.953 bits per heavy atom. The zero-order chi connectivity index (χ0) is 30.5. The first-order chi connectivity index (χ1) is 20.7. The number of aryl methyl sites for hydroxylation is 2. The van der Waals surface area contributed by atoms with Crippen molar-refractivity contribution in [3.05, 3.63) is 103 Å². The predicted molar refractivity (Wildman–Crippen MR) is 172 cm³/mol. The highest BCUT2D eigenvalue weighted by atomic mass is 16.5. The molecule has 1 aliphatic carbocycles. The summed E-state index contributed by atoms with van der Waals surface area (Å²) in [6.07, 6.45) is 8.85. The van der Waals surface area contributed by atoms with Crippen LogP contribution in [0.1, 0.15) is 53.5 Å². The van der Waals surface area contributed by atoms with Crippen LogP contribution in [0.5, 0.6) is 0 Å². The summed E-state index contributed by atoms with van der Waals surface area (Å²) in [5.41, 5.74) is 6.93. The minimum absolute atomic E-state index is 0.219. The number of ether oxygens (including phenoxy) is 1. The van der Waals surface area contributed by atoms with Crippen LogP contribution in [0.15, 0.2) is 64.2 Å². The van der Waals surface area contributed by atoms with Gasteiger partial charge in [-0.3, -0.25) is 18.7 Å². The van der Waals surface area contributed by atoms with Gasteiger partial charge in [-0.05, 0) is 91.4 Å². The van der Waals surface area contributed by atoms with Crippen LogP contribution < -0.4 is 16.1 Å². The van der Waals surface area contributed by atoms with Gasteiger partial charge < -0.3 is 14.5 Å². The molecule has 228 valence electrons. The van der Waals surface area contributed by atoms with E-state index in [1.165, 1.54) is 42.0 Å². The number of carbonyl (C=O) groups excluding carboxylic acids is 1. The summed E-state index contributed by atoms with van der Waals surface area (Å²) in [7, 11) is 6.89. The molecule has 2 heterocycles. The number of piperidine rings is 1. The third-order valence-corrected chi connectivity index (χ3v) is 9.23. The molecule has 0 amide bonds. The van der Waals surface area contributed by atoms with Crippen molar-refractivity contribution in [2.45, 2.75) is 44.9 Å². The second-order valence-corrected chi connectivity index (χ2v) is 12.1. The molecular weight excluding hydrogens is 540 g/mol. The number of hydrogen-bond donors (Lipinski definition) is 0. The molecule has 2 aromatic carbocycles. The normalized spacial score (nSPS) is 16.2. The lowest BCUT2D eigenvalue weighted by Crippen LogP contribution is -2.43. The molecule has 8 nitrogen and oxygen atoms in total. The fourth-order valence-corrected chi connectivity index (χ4v) is 6.50. The van der Waals surface area contributed by atoms with Crippen molar-refractivity contribution in [1.29, 1.82) is 0 Å². The zero-order valence-electron chi connectivity index (χ0n) is 26.0. The molecule has 0 unspecified atom stereocenters. The Hall–Kier alpha value is -3.91. The van der Waals surface area contributed by atoms with Crippen LogP contribution in [0.3, 0.4) is 0 Å². The Morgan fingerprint density at radius 3 is 2.42 bits per heavy atom. The molecule has 2 aliphatic rings. The van der Waals surface area contributed by atoms with Crippen LogP contribution in [0.4, 0.5) is 5.82 Å². The van der Waals surface area contributed by atoms with Crippen molar-refractivity contribution in [1.82, 2.24) is 14.0 Å². The minimum atomic E-state index is -0.279. The average Bonchev–Trinajstić information content (AvgIpc) is 3.17. The molecule has 1 aromatic heterocycles. The number of carbonyl (C=O) groups is 1. The standard InChI is InChI=1S/C35H44N4O4/c1-36(19-15-25-16-20-39(21-17-25)32-24-33(40)38(3)35(42)37(32)2)18-7-10-30-29-9-6-5-8-27(29)13-14-28-12-11-26(22-31(28)30)23-34(41)43-4/h5-6,8-12,22,24-25H,7,13-21,23H2,1-4H3. The maximum atomic E-state index is 12.4. The first kappa shape index (κ1) is 30.5. The molecule has 43 heavy (non-hydrogen) atoms. The summed E-state index contributed by atoms with van der Waals surface area (Å²) in [4.78, 5) is 41.1. The summed E-state index contributed by atoms with van der Waals surface area (Å²) in [6.45, 7) is 3.72. The van der Waals surface area contributed by atoms with Crippen LogP contribution in [-0.2, 0) is 42.9 Å². The molecule has 3 aromatic rings. The van der Waals surface area contributed by atoms with Crippen LogP contribution in [0, 0.1) is 5.92 Å². The Morgan fingerprint density at radius 2 is 1.67 bits per heavy atom. The molecule has 0 spiro atoms. The first-order valence-electron chi connectivity index (χ1n) is 15.4. The van der Waals surface area contributed by atoms with E-state index in [2.05, 4.69) is 65.4 Å². The summed E-state index contributed by atoms with van der Waals surface area (Å²) in [6, 6.07) is 16.7. The van der Waals surface area contributed by atoms with Gasteiger partial charge in [-0.15, -0.1) is 0 Å². The van der Waals surface area contributed by atoms with E-state index in [1.54, 1.807) is 17.7 Å². The molecule has 1 saturated heterocycles. The van der Waals surface area contributed by atoms with E-state index in [9.17, 15) is 14.4 Å². The second kappa shape index (κ2) is 13.6. The number of aromatic nitrogens is 2. The largest absolute Gasteiger partial charge is 0.469 e. The molecule has 8 heteroatoms. The van der Waals surface area contributed by atoms with Crippen molar-refractivity contribution in [2.75, 3.05) is 45.2 Å². The van der Waals surface area contributed by atoms with Crippen LogP contribution in [-0.4, -0.2) is 60.3 Å². The van der Waals surface area contributed by atoms with Gasteiger partial charge in [-0.25, -0.2) is 4.79 Å². The predicted octanol–water partition coefficient (Wildman–Crippen LogP) is 3.96. The van der Waals surface area contributed by atoms with Gasteiger partial charge in [0.15, 0.2) is 0 Å². The molecule has 0 radical (unpaired) electrons. The maximum Gasteiger partial charge on any atom is 0.332 e. The van der Waals surface area contributed by atoms with Crippen LogP contribution in [0.2, 0.25) is 0 Å². The van der Waals surface area contributed by atoms with Crippen LogP contribution in [0.25, 0.3) is 5.57 Å². The monoisotopic (exact) mass is 584 g/mol. The number of benzene rings is 2. The van der Waals surface area contributed by atoms with Gasteiger partial charge in [0.05, 0.1) is 13.5 Å². The van der Waals surface area contributed by atoms with E-state index >= 15 is 0 Å². The van der Waals surface area contributed by atoms with Gasteiger partial charge in [0, 0.05) is 39.8 Å². The van der Waals surface area contributed by atoms with Gasteiger partial charge in [0.1, 0.15) is 5.82 Å². The van der Waals surface area contributed by atoms with Gasteiger partial charge in [0.25, 0.3) is 5.56 Å². The fourth-order valence-electron chi connectivity index (χ4n) is 6.50. The Bertz CT molecular complexity index is 1610. The SMILES string of the molecule is COC(=O)Cc1ccc2c(c1)C(=CCCN(C)CCC1CCN(c3cc(=O)n(C)c(=O)n3C)CC1)c1ccccc1CC2. The minimum Gasteiger partial charge on any atom is -0.469 e. The van der Waals surface area contributed by atoms with Crippen LogP contribution >= 0.6 is 0 Å². The van der Waals surface area contributed by atoms with Gasteiger partial charge in [-0.2, -0.15) is 0 Å². The van der Waals surface area contributed by atoms with Crippen molar-refractivity contribution in [3.8, 4) is 0 Å². The van der Waals surface area contributed by atoms with E-state index in [-0.39, 0.29) is 23.6 Å². The number of anilines is 1. The molecule has 0 bridgehead atoms. The van der Waals surface area contributed by atoms with E-state index in [4.69, 9.17) is 4.74 Å². The lowest BCUT2D eigenvalue weighted by atomic mass is 9.91. The number of hydrogen-bond acceptors (Lipinski definition) is 6. The Balaban J connectivity index is 1.20. The number of esters is 1. The molecular formula is C35H44N4O4. The fraction of sp³-hybridized carbons (Fsp3) is 0.457. The maximum absolute atomic E-state index is 12.4. The summed E-state index contributed by atoms with van der Waals surface area (Å²) >= 11 is 0. The number of rotatable bonds is 9. The van der Waals surface area contributed by atoms with E-state index in [1.807, 2.05) is 0 Å². The van der Waals surface area contributed by atoms with Gasteiger partial charge in [0.2, 0.25) is 0 Å². The summed E-state index contributed by atoms with van der Waals surface area (Å²) in [5.74, 6) is 1.13. The highest BCUT2D eigenvalue weighted by molar-refractivity contribution is 5.84. The molecule has 0 atom stereocenters. The number of methoxy groups -OCH3 is 1. The Labute approximate surface area is 254 Å². The molecule has 5 rings (SSSR count). The quantitative estimate of drug-likeness (QED) is 0.355. The smallest absolute Gasteiger partial charge is 0.332 e.